The van der Waals surface area contributed by atoms with Crippen molar-refractivity contribution in [3.8, 4) is 11.5 Å². The van der Waals surface area contributed by atoms with Crippen LogP contribution in [0, 0.1) is 0 Å². The van der Waals surface area contributed by atoms with E-state index in [9.17, 15) is 4.79 Å². The standard InChI is InChI=1S/C31H33N3O3/c1-34-30(35)17-21-7-3-4-11-27(21)31(34)15-14-22(33-20-31)8-5-9-24-25-10-6-16-32-28(25)19-37-29-13-12-23(36-2)18-26(24)29/h3-4,6-7,9-13,16,18,22,33H,5,8,14-15,17,19-20H2,1-2H3/b24-9+. The van der Waals surface area contributed by atoms with Gasteiger partial charge in [-0.3, -0.25) is 9.78 Å². The number of fused-ring (bicyclic) bond motifs is 4. The Kier molecular flexibility index (Phi) is 6.21. The van der Waals surface area contributed by atoms with Gasteiger partial charge in [0.15, 0.2) is 0 Å². The average Bonchev–Trinajstić information content (AvgIpc) is 3.09. The van der Waals surface area contributed by atoms with Crippen molar-refractivity contribution >= 4 is 11.5 Å². The number of hydrogen-bond donors (Lipinski definition) is 1. The van der Waals surface area contributed by atoms with Crippen molar-refractivity contribution in [2.45, 2.75) is 50.3 Å². The van der Waals surface area contributed by atoms with E-state index in [4.69, 9.17) is 9.47 Å². The number of hydrogen-bond acceptors (Lipinski definition) is 5. The second kappa shape index (κ2) is 9.67. The first-order valence-corrected chi connectivity index (χ1v) is 13.1. The number of pyridine rings is 1. The van der Waals surface area contributed by atoms with Crippen molar-refractivity contribution in [2.24, 2.45) is 0 Å². The van der Waals surface area contributed by atoms with Crippen LogP contribution in [0.2, 0.25) is 0 Å². The number of aromatic nitrogens is 1. The van der Waals surface area contributed by atoms with Crippen LogP contribution in [0.15, 0.2) is 66.9 Å². The van der Waals surface area contributed by atoms with Crippen molar-refractivity contribution in [1.82, 2.24) is 15.2 Å². The van der Waals surface area contributed by atoms with E-state index in [1.54, 1.807) is 7.11 Å². The number of allylic oxidation sites excluding steroid dienone is 1. The van der Waals surface area contributed by atoms with E-state index >= 15 is 0 Å². The SMILES string of the molecule is COc1ccc2c(c1)/C(=C/CCC1CCC3(CN1)c1ccccc1CC(=O)N3C)c1cccnc1CO2. The highest BCUT2D eigenvalue weighted by molar-refractivity contribution is 5.85. The number of nitrogens with one attached hydrogen (secondary N) is 1. The number of ether oxygens (including phenoxy) is 2. The third-order valence-corrected chi connectivity index (χ3v) is 8.35. The average molecular weight is 496 g/mol. The van der Waals surface area contributed by atoms with Gasteiger partial charge in [-0.05, 0) is 66.6 Å². The van der Waals surface area contributed by atoms with Gasteiger partial charge in [0.2, 0.25) is 5.91 Å². The molecule has 1 spiro atoms. The molecule has 3 aliphatic rings. The lowest BCUT2D eigenvalue weighted by Gasteiger charge is -2.50. The smallest absolute Gasteiger partial charge is 0.227 e. The number of nitrogens with zero attached hydrogens (tertiary/aromatic N) is 2. The van der Waals surface area contributed by atoms with Crippen molar-refractivity contribution in [1.29, 1.82) is 0 Å². The number of carbonyl (C=O) groups excluding carboxylic acids is 1. The van der Waals surface area contributed by atoms with Crippen LogP contribution in [0.5, 0.6) is 11.5 Å². The topological polar surface area (TPSA) is 63.7 Å². The zero-order valence-electron chi connectivity index (χ0n) is 21.5. The van der Waals surface area contributed by atoms with E-state index in [2.05, 4.69) is 46.7 Å². The van der Waals surface area contributed by atoms with Crippen LogP contribution in [0.3, 0.4) is 0 Å². The summed E-state index contributed by atoms with van der Waals surface area (Å²) in [7, 11) is 3.66. The molecule has 1 N–H and O–H groups in total. The van der Waals surface area contributed by atoms with Gasteiger partial charge in [-0.15, -0.1) is 0 Å². The molecule has 0 bridgehead atoms. The molecule has 2 atom stereocenters. The molecular formula is C31H33N3O3. The molecule has 6 rings (SSSR count). The molecule has 1 amide bonds. The minimum Gasteiger partial charge on any atom is -0.497 e. The summed E-state index contributed by atoms with van der Waals surface area (Å²) in [4.78, 5) is 19.4. The van der Waals surface area contributed by atoms with Gasteiger partial charge in [0.1, 0.15) is 18.1 Å². The molecule has 0 aliphatic carbocycles. The normalized spacial score (nSPS) is 23.6. The second-order valence-corrected chi connectivity index (χ2v) is 10.3. The van der Waals surface area contributed by atoms with E-state index in [0.717, 1.165) is 66.1 Å². The maximum atomic E-state index is 12.8. The third kappa shape index (κ3) is 4.19. The molecule has 6 heteroatoms. The maximum absolute atomic E-state index is 12.8. The van der Waals surface area contributed by atoms with Crippen LogP contribution in [0.25, 0.3) is 5.57 Å². The monoisotopic (exact) mass is 495 g/mol. The maximum Gasteiger partial charge on any atom is 0.227 e. The molecule has 1 saturated heterocycles. The third-order valence-electron chi connectivity index (χ3n) is 8.35. The summed E-state index contributed by atoms with van der Waals surface area (Å²) < 4.78 is 11.6. The van der Waals surface area contributed by atoms with Gasteiger partial charge in [0.25, 0.3) is 0 Å². The molecule has 2 unspecified atom stereocenters. The van der Waals surface area contributed by atoms with Crippen molar-refractivity contribution in [3.63, 3.8) is 0 Å². The molecule has 190 valence electrons. The number of rotatable bonds is 4. The Balaban J connectivity index is 1.21. The van der Waals surface area contributed by atoms with E-state index in [1.807, 2.05) is 42.4 Å². The fraction of sp³-hybridized carbons (Fsp3) is 0.355. The Morgan fingerprint density at radius 1 is 1.19 bits per heavy atom. The number of piperidine rings is 1. The predicted octanol–water partition coefficient (Wildman–Crippen LogP) is 4.86. The number of carbonyl (C=O) groups is 1. The highest BCUT2D eigenvalue weighted by atomic mass is 16.5. The zero-order chi connectivity index (χ0) is 25.4. The first-order valence-electron chi connectivity index (χ1n) is 13.1. The quantitative estimate of drug-likeness (QED) is 0.560. The number of methoxy groups -OCH3 is 1. The Bertz CT molecular complexity index is 1360. The van der Waals surface area contributed by atoms with Crippen molar-refractivity contribution in [3.05, 3.63) is 94.8 Å². The number of benzene rings is 2. The largest absolute Gasteiger partial charge is 0.497 e. The lowest BCUT2D eigenvalue weighted by Crippen LogP contribution is -2.60. The molecule has 4 heterocycles. The summed E-state index contributed by atoms with van der Waals surface area (Å²) >= 11 is 0. The Labute approximate surface area is 218 Å². The summed E-state index contributed by atoms with van der Waals surface area (Å²) in [5.74, 6) is 1.87. The molecule has 37 heavy (non-hydrogen) atoms. The van der Waals surface area contributed by atoms with Gasteiger partial charge in [-0.25, -0.2) is 0 Å². The Morgan fingerprint density at radius 3 is 2.92 bits per heavy atom. The van der Waals surface area contributed by atoms with E-state index in [-0.39, 0.29) is 11.4 Å². The molecule has 6 nitrogen and oxygen atoms in total. The van der Waals surface area contributed by atoms with Crippen molar-refractivity contribution in [2.75, 3.05) is 20.7 Å². The Hall–Kier alpha value is -3.64. The first-order chi connectivity index (χ1) is 18.1. The lowest BCUT2D eigenvalue weighted by atomic mass is 9.74. The van der Waals surface area contributed by atoms with Gasteiger partial charge in [-0.2, -0.15) is 0 Å². The molecule has 0 saturated carbocycles. The minimum absolute atomic E-state index is 0.209. The second-order valence-electron chi connectivity index (χ2n) is 10.3. The summed E-state index contributed by atoms with van der Waals surface area (Å²) in [5.41, 5.74) is 6.48. The first kappa shape index (κ1) is 23.7. The van der Waals surface area contributed by atoms with Crippen LogP contribution < -0.4 is 14.8 Å². The highest BCUT2D eigenvalue weighted by Crippen LogP contribution is 2.42. The predicted molar refractivity (Wildman–Crippen MR) is 143 cm³/mol. The fourth-order valence-electron chi connectivity index (χ4n) is 6.22. The molecular weight excluding hydrogens is 462 g/mol. The molecule has 2 aromatic carbocycles. The molecule has 3 aromatic rings. The minimum atomic E-state index is -0.250. The molecule has 1 aromatic heterocycles. The van der Waals surface area contributed by atoms with Crippen LogP contribution in [0.4, 0.5) is 0 Å². The van der Waals surface area contributed by atoms with Crippen molar-refractivity contribution < 1.29 is 14.3 Å². The zero-order valence-corrected chi connectivity index (χ0v) is 21.5. The van der Waals surface area contributed by atoms with Gasteiger partial charge in [-0.1, -0.05) is 36.4 Å². The van der Waals surface area contributed by atoms with Crippen LogP contribution in [-0.2, 0) is 23.4 Å². The molecule has 0 radical (unpaired) electrons. The van der Waals surface area contributed by atoms with Gasteiger partial charge >= 0.3 is 0 Å². The van der Waals surface area contributed by atoms with Gasteiger partial charge in [0.05, 0.1) is 24.8 Å². The summed E-state index contributed by atoms with van der Waals surface area (Å²) in [6.45, 7) is 1.24. The summed E-state index contributed by atoms with van der Waals surface area (Å²) in [5, 5.41) is 3.80. The van der Waals surface area contributed by atoms with Gasteiger partial charge in [0, 0.05) is 37.0 Å². The molecule has 1 fully saturated rings. The van der Waals surface area contributed by atoms with Crippen LogP contribution in [0.1, 0.15) is 53.6 Å². The molecule has 3 aliphatic heterocycles. The van der Waals surface area contributed by atoms with Crippen LogP contribution >= 0.6 is 0 Å². The summed E-state index contributed by atoms with van der Waals surface area (Å²) in [6.07, 6.45) is 8.60. The number of likely N-dealkylation sites (N-methyl/N-ethyl adjacent to an activating group) is 1. The Morgan fingerprint density at radius 2 is 2.08 bits per heavy atom. The van der Waals surface area contributed by atoms with E-state index < -0.39 is 0 Å². The van der Waals surface area contributed by atoms with Crippen LogP contribution in [-0.4, -0.2) is 42.5 Å². The highest BCUT2D eigenvalue weighted by Gasteiger charge is 2.45. The van der Waals surface area contributed by atoms with E-state index in [1.165, 1.54) is 11.1 Å². The number of amides is 1. The lowest BCUT2D eigenvalue weighted by molar-refractivity contribution is -0.138. The van der Waals surface area contributed by atoms with Gasteiger partial charge < -0.3 is 19.7 Å². The summed E-state index contributed by atoms with van der Waals surface area (Å²) in [6, 6.07) is 18.9. The van der Waals surface area contributed by atoms with E-state index in [0.29, 0.717) is 19.1 Å². The fourth-order valence-corrected chi connectivity index (χ4v) is 6.22.